The Balaban J connectivity index is 1.59. The zero-order valence-corrected chi connectivity index (χ0v) is 19.2. The van der Waals surface area contributed by atoms with E-state index >= 15 is 0 Å². The number of carboxylic acids is 1. The van der Waals surface area contributed by atoms with Gasteiger partial charge in [-0.3, -0.25) is 0 Å². The number of hydrogen-bond donors (Lipinski definition) is 1. The van der Waals surface area contributed by atoms with Crippen LogP contribution >= 0.6 is 0 Å². The van der Waals surface area contributed by atoms with Gasteiger partial charge in [-0.2, -0.15) is 0 Å². The van der Waals surface area contributed by atoms with E-state index in [1.54, 1.807) is 13.2 Å². The highest BCUT2D eigenvalue weighted by molar-refractivity contribution is 5.98. The molecular formula is C28H30O5. The van der Waals surface area contributed by atoms with Crippen LogP contribution in [0.2, 0.25) is 0 Å². The number of rotatable bonds is 6. The van der Waals surface area contributed by atoms with Crippen LogP contribution in [0.1, 0.15) is 60.0 Å². The zero-order chi connectivity index (χ0) is 23.2. The summed E-state index contributed by atoms with van der Waals surface area (Å²) < 4.78 is 10.9. The fourth-order valence-corrected chi connectivity index (χ4v) is 7.09. The predicted octanol–water partition coefficient (Wildman–Crippen LogP) is 5.71. The van der Waals surface area contributed by atoms with Gasteiger partial charge in [-0.1, -0.05) is 18.2 Å². The molecule has 0 spiro atoms. The Morgan fingerprint density at radius 1 is 0.970 bits per heavy atom. The van der Waals surface area contributed by atoms with Crippen molar-refractivity contribution in [1.82, 2.24) is 0 Å². The van der Waals surface area contributed by atoms with E-state index in [1.807, 2.05) is 24.3 Å². The third-order valence-electron chi connectivity index (χ3n) is 7.99. The minimum Gasteiger partial charge on any atom is -0.496 e. The van der Waals surface area contributed by atoms with Gasteiger partial charge in [-0.15, -0.1) is 0 Å². The average molecular weight is 447 g/mol. The molecule has 4 bridgehead atoms. The SMILES string of the molecule is COC(=O)c1cc(C=CC(=O)O)ccc1-c1ccc(OC)c(C23CC4CC(CC(C4)C2)C3)c1. The lowest BCUT2D eigenvalue weighted by atomic mass is 9.48. The fraction of sp³-hybridized carbons (Fsp3) is 0.429. The van der Waals surface area contributed by atoms with Crippen molar-refractivity contribution >= 4 is 18.0 Å². The Morgan fingerprint density at radius 3 is 2.21 bits per heavy atom. The zero-order valence-electron chi connectivity index (χ0n) is 19.2. The Hall–Kier alpha value is -3.08. The number of hydrogen-bond acceptors (Lipinski definition) is 4. The molecule has 0 saturated heterocycles. The van der Waals surface area contributed by atoms with Crippen LogP contribution in [0, 0.1) is 17.8 Å². The summed E-state index contributed by atoms with van der Waals surface area (Å²) in [5.41, 5.74) is 4.22. The number of carboxylic acid groups (broad SMARTS) is 1. The molecule has 4 saturated carbocycles. The molecule has 172 valence electrons. The maximum Gasteiger partial charge on any atom is 0.338 e. The molecule has 5 nitrogen and oxygen atoms in total. The summed E-state index contributed by atoms with van der Waals surface area (Å²) in [6.45, 7) is 0. The van der Waals surface area contributed by atoms with Gasteiger partial charge in [0.15, 0.2) is 0 Å². The van der Waals surface area contributed by atoms with Crippen LogP contribution in [0.5, 0.6) is 5.75 Å². The third kappa shape index (κ3) is 3.94. The minimum absolute atomic E-state index is 0.158. The molecule has 0 radical (unpaired) electrons. The molecule has 1 N–H and O–H groups in total. The molecule has 0 aromatic heterocycles. The summed E-state index contributed by atoms with van der Waals surface area (Å²) in [6, 6.07) is 11.6. The molecule has 4 aliphatic rings. The molecule has 2 aromatic rings. The summed E-state index contributed by atoms with van der Waals surface area (Å²) >= 11 is 0. The molecule has 0 amide bonds. The Kier molecular flexibility index (Phi) is 5.51. The Bertz CT molecular complexity index is 1090. The van der Waals surface area contributed by atoms with E-state index < -0.39 is 11.9 Å². The fourth-order valence-electron chi connectivity index (χ4n) is 7.09. The summed E-state index contributed by atoms with van der Waals surface area (Å²) in [7, 11) is 3.10. The highest BCUT2D eigenvalue weighted by atomic mass is 16.5. The van der Waals surface area contributed by atoms with Gasteiger partial charge in [0.1, 0.15) is 5.75 Å². The largest absolute Gasteiger partial charge is 0.496 e. The Labute approximate surface area is 194 Å². The smallest absolute Gasteiger partial charge is 0.338 e. The Morgan fingerprint density at radius 2 is 1.64 bits per heavy atom. The normalized spacial score (nSPS) is 27.6. The minimum atomic E-state index is -1.03. The van der Waals surface area contributed by atoms with Crippen LogP contribution < -0.4 is 4.74 Å². The van der Waals surface area contributed by atoms with Crippen LogP contribution in [0.3, 0.4) is 0 Å². The van der Waals surface area contributed by atoms with Crippen LogP contribution in [0.25, 0.3) is 17.2 Å². The van der Waals surface area contributed by atoms with Crippen molar-refractivity contribution < 1.29 is 24.2 Å². The second kappa shape index (κ2) is 8.36. The number of esters is 1. The summed E-state index contributed by atoms with van der Waals surface area (Å²) in [5.74, 6) is 1.90. The lowest BCUT2D eigenvalue weighted by Gasteiger charge is -2.57. The van der Waals surface area contributed by atoms with E-state index in [9.17, 15) is 9.59 Å². The first kappa shape index (κ1) is 21.7. The third-order valence-corrected chi connectivity index (χ3v) is 7.99. The van der Waals surface area contributed by atoms with Crippen molar-refractivity contribution in [3.05, 3.63) is 59.2 Å². The van der Waals surface area contributed by atoms with E-state index in [0.717, 1.165) is 40.7 Å². The van der Waals surface area contributed by atoms with Crippen molar-refractivity contribution in [1.29, 1.82) is 0 Å². The second-order valence-corrected chi connectivity index (χ2v) is 10.1. The van der Waals surface area contributed by atoms with E-state index in [2.05, 4.69) is 6.07 Å². The van der Waals surface area contributed by atoms with Gasteiger partial charge in [-0.05, 0) is 103 Å². The van der Waals surface area contributed by atoms with Crippen molar-refractivity contribution in [2.75, 3.05) is 14.2 Å². The lowest BCUT2D eigenvalue weighted by molar-refractivity contribution is -0.131. The summed E-state index contributed by atoms with van der Waals surface area (Å²) in [6.07, 6.45) is 10.3. The van der Waals surface area contributed by atoms with E-state index in [1.165, 1.54) is 57.3 Å². The lowest BCUT2D eigenvalue weighted by Crippen LogP contribution is -2.48. The van der Waals surface area contributed by atoms with E-state index in [0.29, 0.717) is 11.1 Å². The maximum absolute atomic E-state index is 12.6. The standard InChI is InChI=1S/C28H30O5/c1-32-25-7-5-21(13-24(25)28-14-18-9-19(15-28)11-20(10-18)16-28)22-6-3-17(4-8-26(29)30)12-23(22)27(31)33-2/h3-8,12-13,18-20H,9-11,14-16H2,1-2H3,(H,29,30). The number of carbonyl (C=O) groups is 2. The predicted molar refractivity (Wildman–Crippen MR) is 126 cm³/mol. The molecule has 4 fully saturated rings. The second-order valence-electron chi connectivity index (χ2n) is 10.1. The molecule has 6 rings (SSSR count). The van der Waals surface area contributed by atoms with Gasteiger partial charge in [-0.25, -0.2) is 9.59 Å². The van der Waals surface area contributed by atoms with Crippen molar-refractivity contribution in [3.8, 4) is 16.9 Å². The number of methoxy groups -OCH3 is 2. The van der Waals surface area contributed by atoms with E-state index in [4.69, 9.17) is 14.6 Å². The number of ether oxygens (including phenoxy) is 2. The molecule has 0 aliphatic heterocycles. The quantitative estimate of drug-likeness (QED) is 0.454. The van der Waals surface area contributed by atoms with Gasteiger partial charge >= 0.3 is 11.9 Å². The van der Waals surface area contributed by atoms with Crippen molar-refractivity contribution in [2.45, 2.75) is 43.9 Å². The highest BCUT2D eigenvalue weighted by Gasteiger charge is 2.52. The molecular weight excluding hydrogens is 416 g/mol. The topological polar surface area (TPSA) is 72.8 Å². The molecule has 5 heteroatoms. The van der Waals surface area contributed by atoms with Gasteiger partial charge < -0.3 is 14.6 Å². The van der Waals surface area contributed by atoms with Gasteiger partial charge in [0.05, 0.1) is 19.8 Å². The molecule has 0 atom stereocenters. The number of carbonyl (C=O) groups excluding carboxylic acids is 1. The molecule has 4 aliphatic carbocycles. The molecule has 0 unspecified atom stereocenters. The van der Waals surface area contributed by atoms with Crippen LogP contribution in [0.15, 0.2) is 42.5 Å². The van der Waals surface area contributed by atoms with Gasteiger partial charge in [0.2, 0.25) is 0 Å². The maximum atomic E-state index is 12.6. The van der Waals surface area contributed by atoms with Crippen molar-refractivity contribution in [2.24, 2.45) is 17.8 Å². The van der Waals surface area contributed by atoms with Gasteiger partial charge in [0.25, 0.3) is 0 Å². The summed E-state index contributed by atoms with van der Waals surface area (Å²) in [4.78, 5) is 23.5. The molecule has 33 heavy (non-hydrogen) atoms. The first-order valence-electron chi connectivity index (χ1n) is 11.7. The summed E-state index contributed by atoms with van der Waals surface area (Å²) in [5, 5.41) is 8.94. The van der Waals surface area contributed by atoms with Gasteiger partial charge in [0, 0.05) is 11.6 Å². The highest BCUT2D eigenvalue weighted by Crippen LogP contribution is 2.62. The monoisotopic (exact) mass is 446 g/mol. The van der Waals surface area contributed by atoms with E-state index in [-0.39, 0.29) is 5.41 Å². The van der Waals surface area contributed by atoms with Crippen LogP contribution in [-0.2, 0) is 14.9 Å². The average Bonchev–Trinajstić information content (AvgIpc) is 2.80. The number of aliphatic carboxylic acids is 1. The first-order chi connectivity index (χ1) is 15.9. The van der Waals surface area contributed by atoms with Crippen LogP contribution in [-0.4, -0.2) is 31.3 Å². The molecule has 0 heterocycles. The van der Waals surface area contributed by atoms with Crippen LogP contribution in [0.4, 0.5) is 0 Å². The molecule has 2 aromatic carbocycles. The first-order valence-corrected chi connectivity index (χ1v) is 11.7. The van der Waals surface area contributed by atoms with Crippen molar-refractivity contribution in [3.63, 3.8) is 0 Å². The number of benzene rings is 2.